The van der Waals surface area contributed by atoms with Gasteiger partial charge in [-0.2, -0.15) is 0 Å². The lowest BCUT2D eigenvalue weighted by atomic mass is 10.2. The van der Waals surface area contributed by atoms with Crippen LogP contribution < -0.4 is 10.1 Å². The van der Waals surface area contributed by atoms with Crippen molar-refractivity contribution >= 4 is 0 Å². The molecule has 0 aliphatic carbocycles. The molecule has 25 heavy (non-hydrogen) atoms. The summed E-state index contributed by atoms with van der Waals surface area (Å²) in [7, 11) is 0. The summed E-state index contributed by atoms with van der Waals surface area (Å²) in [5, 5.41) is 3.49. The third-order valence-electron chi connectivity index (χ3n) is 4.42. The van der Waals surface area contributed by atoms with Gasteiger partial charge in [-0.25, -0.2) is 0 Å². The molecule has 0 bridgehead atoms. The van der Waals surface area contributed by atoms with Crippen molar-refractivity contribution in [2.24, 2.45) is 0 Å². The number of nitrogens with zero attached hydrogens (tertiary/aromatic N) is 2. The molecule has 1 aliphatic heterocycles. The van der Waals surface area contributed by atoms with Gasteiger partial charge in [-0.3, -0.25) is 9.88 Å². The van der Waals surface area contributed by atoms with E-state index in [2.05, 4.69) is 34.3 Å². The van der Waals surface area contributed by atoms with E-state index in [0.29, 0.717) is 6.61 Å². The van der Waals surface area contributed by atoms with E-state index in [-0.39, 0.29) is 6.10 Å². The molecular weight excluding hydrogens is 314 g/mol. The molecule has 134 valence electrons. The van der Waals surface area contributed by atoms with Gasteiger partial charge in [0, 0.05) is 44.1 Å². The Labute approximate surface area is 150 Å². The number of hydrogen-bond donors (Lipinski definition) is 1. The van der Waals surface area contributed by atoms with E-state index in [0.717, 1.165) is 50.6 Å². The SMILES string of the molecule is CCN1CCO[C@@H](CNCc2ccc(OCc3cccnc3)cc2)C1. The van der Waals surface area contributed by atoms with Gasteiger partial charge >= 0.3 is 0 Å². The zero-order valence-corrected chi connectivity index (χ0v) is 14.9. The van der Waals surface area contributed by atoms with Gasteiger partial charge in [0.2, 0.25) is 0 Å². The Morgan fingerprint density at radius 3 is 2.88 bits per heavy atom. The zero-order valence-electron chi connectivity index (χ0n) is 14.9. The topological polar surface area (TPSA) is 46.6 Å². The van der Waals surface area contributed by atoms with E-state index in [4.69, 9.17) is 9.47 Å². The highest BCUT2D eigenvalue weighted by atomic mass is 16.5. The number of hydrogen-bond acceptors (Lipinski definition) is 5. The monoisotopic (exact) mass is 341 g/mol. The van der Waals surface area contributed by atoms with Gasteiger partial charge in [0.25, 0.3) is 0 Å². The number of pyridine rings is 1. The van der Waals surface area contributed by atoms with E-state index in [1.807, 2.05) is 30.5 Å². The highest BCUT2D eigenvalue weighted by molar-refractivity contribution is 5.27. The molecule has 1 aromatic heterocycles. The van der Waals surface area contributed by atoms with Crippen molar-refractivity contribution in [1.82, 2.24) is 15.2 Å². The molecule has 5 nitrogen and oxygen atoms in total. The fourth-order valence-electron chi connectivity index (χ4n) is 2.92. The molecule has 0 saturated carbocycles. The Hall–Kier alpha value is -1.95. The van der Waals surface area contributed by atoms with Gasteiger partial charge in [-0.15, -0.1) is 0 Å². The minimum Gasteiger partial charge on any atom is -0.489 e. The molecule has 1 aliphatic rings. The van der Waals surface area contributed by atoms with Crippen LogP contribution in [0.15, 0.2) is 48.8 Å². The molecule has 0 amide bonds. The van der Waals surface area contributed by atoms with Crippen molar-refractivity contribution in [2.75, 3.05) is 32.8 Å². The fraction of sp³-hybridized carbons (Fsp3) is 0.450. The van der Waals surface area contributed by atoms with Crippen molar-refractivity contribution in [3.05, 3.63) is 59.9 Å². The highest BCUT2D eigenvalue weighted by Gasteiger charge is 2.18. The third kappa shape index (κ3) is 5.81. The van der Waals surface area contributed by atoms with Crippen molar-refractivity contribution < 1.29 is 9.47 Å². The molecule has 0 radical (unpaired) electrons. The van der Waals surface area contributed by atoms with E-state index in [1.165, 1.54) is 5.56 Å². The summed E-state index contributed by atoms with van der Waals surface area (Å²) in [6, 6.07) is 12.2. The summed E-state index contributed by atoms with van der Waals surface area (Å²) in [5.74, 6) is 0.877. The second-order valence-electron chi connectivity index (χ2n) is 6.31. The number of benzene rings is 1. The van der Waals surface area contributed by atoms with Crippen LogP contribution in [0.5, 0.6) is 5.75 Å². The Balaban J connectivity index is 1.39. The summed E-state index contributed by atoms with van der Waals surface area (Å²) < 4.78 is 11.6. The van der Waals surface area contributed by atoms with Crippen molar-refractivity contribution in [3.63, 3.8) is 0 Å². The molecule has 3 rings (SSSR count). The smallest absolute Gasteiger partial charge is 0.119 e. The Morgan fingerprint density at radius 2 is 2.12 bits per heavy atom. The lowest BCUT2D eigenvalue weighted by Gasteiger charge is -2.32. The van der Waals surface area contributed by atoms with Gasteiger partial charge in [0.15, 0.2) is 0 Å². The first-order chi connectivity index (χ1) is 12.3. The second-order valence-corrected chi connectivity index (χ2v) is 6.31. The van der Waals surface area contributed by atoms with Gasteiger partial charge in [0.1, 0.15) is 12.4 Å². The predicted octanol–water partition coefficient (Wildman–Crippen LogP) is 2.47. The van der Waals surface area contributed by atoms with Gasteiger partial charge in [0.05, 0.1) is 12.7 Å². The lowest BCUT2D eigenvalue weighted by Crippen LogP contribution is -2.46. The van der Waals surface area contributed by atoms with E-state index in [1.54, 1.807) is 6.20 Å². The third-order valence-corrected chi connectivity index (χ3v) is 4.42. The summed E-state index contributed by atoms with van der Waals surface area (Å²) in [4.78, 5) is 6.53. The molecule has 0 unspecified atom stereocenters. The van der Waals surface area contributed by atoms with E-state index < -0.39 is 0 Å². The average Bonchev–Trinajstić information content (AvgIpc) is 2.68. The summed E-state index contributed by atoms with van der Waals surface area (Å²) in [6.07, 6.45) is 3.88. The van der Waals surface area contributed by atoms with Crippen LogP contribution in [0.25, 0.3) is 0 Å². The molecule has 1 fully saturated rings. The van der Waals surface area contributed by atoms with Crippen LogP contribution in [0.2, 0.25) is 0 Å². The second kappa shape index (κ2) is 9.51. The van der Waals surface area contributed by atoms with Crippen molar-refractivity contribution in [2.45, 2.75) is 26.2 Å². The number of aromatic nitrogens is 1. The summed E-state index contributed by atoms with van der Waals surface area (Å²) in [5.41, 5.74) is 2.32. The van der Waals surface area contributed by atoms with Gasteiger partial charge in [-0.1, -0.05) is 25.1 Å². The Morgan fingerprint density at radius 1 is 1.24 bits per heavy atom. The molecular formula is C20H27N3O2. The van der Waals surface area contributed by atoms with E-state index >= 15 is 0 Å². The van der Waals surface area contributed by atoms with Crippen LogP contribution in [0.3, 0.4) is 0 Å². The molecule has 2 heterocycles. The first kappa shape index (κ1) is 17.9. The minimum absolute atomic E-state index is 0.288. The van der Waals surface area contributed by atoms with Crippen LogP contribution in [-0.2, 0) is 17.9 Å². The molecule has 2 aromatic rings. The molecule has 1 aromatic carbocycles. The largest absolute Gasteiger partial charge is 0.489 e. The molecule has 1 saturated heterocycles. The molecule has 1 N–H and O–H groups in total. The van der Waals surface area contributed by atoms with Crippen LogP contribution in [-0.4, -0.2) is 48.8 Å². The van der Waals surface area contributed by atoms with E-state index in [9.17, 15) is 0 Å². The number of rotatable bonds is 8. The molecule has 5 heteroatoms. The minimum atomic E-state index is 0.288. The number of nitrogens with one attached hydrogen (secondary N) is 1. The maximum absolute atomic E-state index is 5.81. The molecule has 0 spiro atoms. The number of ether oxygens (including phenoxy) is 2. The zero-order chi connectivity index (χ0) is 17.3. The van der Waals surface area contributed by atoms with Crippen LogP contribution in [0, 0.1) is 0 Å². The normalized spacial score (nSPS) is 18.2. The maximum Gasteiger partial charge on any atom is 0.119 e. The first-order valence-electron chi connectivity index (χ1n) is 8.99. The quantitative estimate of drug-likeness (QED) is 0.799. The van der Waals surface area contributed by atoms with Crippen LogP contribution in [0.1, 0.15) is 18.1 Å². The Kier molecular flexibility index (Phi) is 6.79. The average molecular weight is 341 g/mol. The fourth-order valence-corrected chi connectivity index (χ4v) is 2.92. The van der Waals surface area contributed by atoms with Gasteiger partial charge < -0.3 is 14.8 Å². The van der Waals surface area contributed by atoms with Crippen LogP contribution in [0.4, 0.5) is 0 Å². The maximum atomic E-state index is 5.81. The lowest BCUT2D eigenvalue weighted by molar-refractivity contribution is -0.0253. The molecule has 1 atom stereocenters. The van der Waals surface area contributed by atoms with Crippen LogP contribution >= 0.6 is 0 Å². The standard InChI is InChI=1S/C20H27N3O2/c1-2-23-10-11-24-20(15-23)14-22-12-17-5-7-19(8-6-17)25-16-18-4-3-9-21-13-18/h3-9,13,20,22H,2,10-12,14-16H2,1H3/t20-/m0/s1. The Bertz CT molecular complexity index is 619. The van der Waals surface area contributed by atoms with Crippen molar-refractivity contribution in [3.8, 4) is 5.75 Å². The number of morpholine rings is 1. The summed E-state index contributed by atoms with van der Waals surface area (Å²) in [6.45, 7) is 8.47. The first-order valence-corrected chi connectivity index (χ1v) is 8.99. The van der Waals surface area contributed by atoms with Crippen molar-refractivity contribution in [1.29, 1.82) is 0 Å². The summed E-state index contributed by atoms with van der Waals surface area (Å²) >= 11 is 0. The number of likely N-dealkylation sites (N-methyl/N-ethyl adjacent to an activating group) is 1. The predicted molar refractivity (Wildman–Crippen MR) is 98.6 cm³/mol. The van der Waals surface area contributed by atoms with Gasteiger partial charge in [-0.05, 0) is 30.3 Å². The highest BCUT2D eigenvalue weighted by Crippen LogP contribution is 2.14.